The second kappa shape index (κ2) is 7.64. The minimum absolute atomic E-state index is 0.0214. The number of methoxy groups -OCH3 is 1. The Kier molecular flexibility index (Phi) is 5.05. The fraction of sp³-hybridized carbons (Fsp3) is 0.273. The zero-order valence-electron chi connectivity index (χ0n) is 16.2. The van der Waals surface area contributed by atoms with E-state index in [9.17, 15) is 0 Å². The molecule has 6 heteroatoms. The summed E-state index contributed by atoms with van der Waals surface area (Å²) >= 11 is 5.78. The van der Waals surface area contributed by atoms with Gasteiger partial charge in [-0.05, 0) is 62.5 Å². The number of nitrogens with zero attached hydrogens (tertiary/aromatic N) is 3. The van der Waals surface area contributed by atoms with Crippen molar-refractivity contribution in [3.8, 4) is 5.75 Å². The lowest BCUT2D eigenvalue weighted by Gasteiger charge is -2.30. The summed E-state index contributed by atoms with van der Waals surface area (Å²) in [6, 6.07) is 18.5. The standard InChI is InChI=1S/C22H24N4OS/c1-15(2)25-13-7-11-19(25)21-20(18-10-4-5-12-23-18)24-22(28)26(21)16-8-6-9-17(14-16)27-3/h4-15,20-21H,1-3H3,(H,24,28)/t20-,21-/m1/s1. The molecule has 2 aromatic heterocycles. The summed E-state index contributed by atoms with van der Waals surface area (Å²) < 4.78 is 7.74. The van der Waals surface area contributed by atoms with Crippen molar-refractivity contribution in [1.82, 2.24) is 14.9 Å². The van der Waals surface area contributed by atoms with Crippen LogP contribution in [0.1, 0.15) is 43.4 Å². The molecule has 1 aromatic carbocycles. The van der Waals surface area contributed by atoms with Crippen LogP contribution < -0.4 is 15.0 Å². The molecule has 0 spiro atoms. The summed E-state index contributed by atoms with van der Waals surface area (Å²) in [6.07, 6.45) is 3.95. The van der Waals surface area contributed by atoms with E-state index in [1.165, 1.54) is 5.69 Å². The Morgan fingerprint density at radius 3 is 2.68 bits per heavy atom. The van der Waals surface area contributed by atoms with Crippen molar-refractivity contribution in [2.75, 3.05) is 12.0 Å². The van der Waals surface area contributed by atoms with Crippen LogP contribution in [-0.2, 0) is 0 Å². The lowest BCUT2D eigenvalue weighted by molar-refractivity contribution is 0.414. The van der Waals surface area contributed by atoms with Crippen LogP contribution in [-0.4, -0.2) is 21.8 Å². The number of rotatable bonds is 5. The monoisotopic (exact) mass is 392 g/mol. The number of hydrogen-bond acceptors (Lipinski definition) is 3. The van der Waals surface area contributed by atoms with Gasteiger partial charge in [-0.3, -0.25) is 4.98 Å². The highest BCUT2D eigenvalue weighted by atomic mass is 32.1. The van der Waals surface area contributed by atoms with Gasteiger partial charge in [0.05, 0.1) is 18.8 Å². The minimum atomic E-state index is -0.0488. The summed E-state index contributed by atoms with van der Waals surface area (Å²) in [5.74, 6) is 0.805. The fourth-order valence-corrected chi connectivity index (χ4v) is 4.17. The molecule has 1 fully saturated rings. The Bertz CT molecular complexity index is 969. The first-order valence-corrected chi connectivity index (χ1v) is 9.82. The highest BCUT2D eigenvalue weighted by Gasteiger charge is 2.42. The second-order valence-corrected chi connectivity index (χ2v) is 7.52. The number of thiocarbonyl (C=S) groups is 1. The molecule has 1 aliphatic heterocycles. The first-order valence-electron chi connectivity index (χ1n) is 9.41. The van der Waals surface area contributed by atoms with Crippen LogP contribution in [0.4, 0.5) is 5.69 Å². The number of nitrogens with one attached hydrogen (secondary N) is 1. The number of pyridine rings is 1. The van der Waals surface area contributed by atoms with Gasteiger partial charge in [0.25, 0.3) is 0 Å². The van der Waals surface area contributed by atoms with Crippen molar-refractivity contribution >= 4 is 23.0 Å². The molecule has 1 N–H and O–H groups in total. The van der Waals surface area contributed by atoms with Crippen LogP contribution in [0.5, 0.6) is 5.75 Å². The van der Waals surface area contributed by atoms with Crippen LogP contribution in [0.3, 0.4) is 0 Å². The van der Waals surface area contributed by atoms with Gasteiger partial charge in [0.1, 0.15) is 11.8 Å². The van der Waals surface area contributed by atoms with Crippen molar-refractivity contribution in [3.05, 3.63) is 78.4 Å². The van der Waals surface area contributed by atoms with Crippen LogP contribution in [0, 0.1) is 0 Å². The molecule has 0 saturated carbocycles. The highest BCUT2D eigenvalue weighted by Crippen LogP contribution is 2.42. The van der Waals surface area contributed by atoms with Crippen molar-refractivity contribution in [2.24, 2.45) is 0 Å². The van der Waals surface area contributed by atoms with Crippen LogP contribution in [0.2, 0.25) is 0 Å². The van der Waals surface area contributed by atoms with Gasteiger partial charge in [-0.15, -0.1) is 0 Å². The van der Waals surface area contributed by atoms with Crippen molar-refractivity contribution in [2.45, 2.75) is 32.0 Å². The molecule has 0 amide bonds. The van der Waals surface area contributed by atoms with E-state index in [1.54, 1.807) is 7.11 Å². The summed E-state index contributed by atoms with van der Waals surface area (Å²) in [4.78, 5) is 6.78. The molecular formula is C22H24N4OS. The average molecular weight is 393 g/mol. The summed E-state index contributed by atoms with van der Waals surface area (Å²) in [5, 5.41) is 4.19. The van der Waals surface area contributed by atoms with Gasteiger partial charge in [0.15, 0.2) is 5.11 Å². The molecule has 1 aliphatic rings. The molecule has 0 unspecified atom stereocenters. The van der Waals surface area contributed by atoms with Gasteiger partial charge in [-0.2, -0.15) is 0 Å². The van der Waals surface area contributed by atoms with Gasteiger partial charge in [-0.25, -0.2) is 0 Å². The number of hydrogen-bond donors (Lipinski definition) is 1. The molecule has 4 rings (SSSR count). The smallest absolute Gasteiger partial charge is 0.174 e. The fourth-order valence-electron chi connectivity index (χ4n) is 3.82. The topological polar surface area (TPSA) is 42.3 Å². The van der Waals surface area contributed by atoms with E-state index < -0.39 is 0 Å². The first-order chi connectivity index (χ1) is 13.6. The summed E-state index contributed by atoms with van der Waals surface area (Å²) in [5.41, 5.74) is 3.16. The van der Waals surface area contributed by atoms with Crippen molar-refractivity contribution < 1.29 is 4.74 Å². The summed E-state index contributed by atoms with van der Waals surface area (Å²) in [6.45, 7) is 4.38. The highest BCUT2D eigenvalue weighted by molar-refractivity contribution is 7.80. The molecule has 1 saturated heterocycles. The Hall–Kier alpha value is -2.86. The van der Waals surface area contributed by atoms with E-state index in [2.05, 4.69) is 58.0 Å². The number of ether oxygens (including phenoxy) is 1. The van der Waals surface area contributed by atoms with Crippen LogP contribution in [0.15, 0.2) is 67.0 Å². The average Bonchev–Trinajstić information content (AvgIpc) is 3.33. The molecule has 5 nitrogen and oxygen atoms in total. The minimum Gasteiger partial charge on any atom is -0.497 e. The van der Waals surface area contributed by atoms with Gasteiger partial charge in [0, 0.05) is 35.9 Å². The zero-order chi connectivity index (χ0) is 19.7. The lowest BCUT2D eigenvalue weighted by atomic mass is 10.0. The molecule has 3 heterocycles. The van der Waals surface area contributed by atoms with Gasteiger partial charge in [0.2, 0.25) is 0 Å². The van der Waals surface area contributed by atoms with E-state index in [0.717, 1.165) is 17.1 Å². The van der Waals surface area contributed by atoms with Crippen LogP contribution in [0.25, 0.3) is 0 Å². The maximum absolute atomic E-state index is 5.78. The van der Waals surface area contributed by atoms with Crippen molar-refractivity contribution in [1.29, 1.82) is 0 Å². The molecule has 28 heavy (non-hydrogen) atoms. The lowest BCUT2D eigenvalue weighted by Crippen LogP contribution is -2.30. The molecule has 144 valence electrons. The third-order valence-corrected chi connectivity index (χ3v) is 5.42. The quantitative estimate of drug-likeness (QED) is 0.640. The first kappa shape index (κ1) is 18.5. The zero-order valence-corrected chi connectivity index (χ0v) is 17.1. The van der Waals surface area contributed by atoms with Gasteiger partial charge in [-0.1, -0.05) is 12.1 Å². The van der Waals surface area contributed by atoms with Gasteiger partial charge < -0.3 is 19.5 Å². The van der Waals surface area contributed by atoms with Gasteiger partial charge >= 0.3 is 0 Å². The Morgan fingerprint density at radius 1 is 1.11 bits per heavy atom. The van der Waals surface area contributed by atoms with E-state index in [4.69, 9.17) is 17.0 Å². The third kappa shape index (κ3) is 3.24. The Labute approximate surface area is 171 Å². The number of benzene rings is 1. The van der Waals surface area contributed by atoms with E-state index in [0.29, 0.717) is 11.2 Å². The number of aromatic nitrogens is 2. The van der Waals surface area contributed by atoms with Crippen molar-refractivity contribution in [3.63, 3.8) is 0 Å². The molecule has 0 radical (unpaired) electrons. The molecule has 0 aliphatic carbocycles. The maximum Gasteiger partial charge on any atom is 0.174 e. The predicted octanol–water partition coefficient (Wildman–Crippen LogP) is 4.65. The Morgan fingerprint density at radius 2 is 1.96 bits per heavy atom. The SMILES string of the molecule is COc1cccc(N2C(=S)N[C@H](c3ccccn3)[C@H]2c2cccn2C(C)C)c1. The normalized spacial score (nSPS) is 19.1. The molecule has 3 aromatic rings. The third-order valence-electron chi connectivity index (χ3n) is 5.10. The molecule has 0 bridgehead atoms. The summed E-state index contributed by atoms with van der Waals surface area (Å²) in [7, 11) is 1.68. The Balaban J connectivity index is 1.86. The van der Waals surface area contributed by atoms with Crippen LogP contribution >= 0.6 is 12.2 Å². The second-order valence-electron chi connectivity index (χ2n) is 7.13. The predicted molar refractivity (Wildman–Crippen MR) is 116 cm³/mol. The number of anilines is 1. The van der Waals surface area contributed by atoms with E-state index in [-0.39, 0.29) is 12.1 Å². The maximum atomic E-state index is 5.78. The van der Waals surface area contributed by atoms with E-state index in [1.807, 2.05) is 42.6 Å². The molecular weight excluding hydrogens is 368 g/mol. The molecule has 2 atom stereocenters. The largest absolute Gasteiger partial charge is 0.497 e. The van der Waals surface area contributed by atoms with E-state index >= 15 is 0 Å².